The third-order valence-corrected chi connectivity index (χ3v) is 7.51. The monoisotopic (exact) mass is 410 g/mol. The maximum absolute atomic E-state index is 6.03. The molecule has 2 aliphatic heterocycles. The Labute approximate surface area is 176 Å². The molecule has 7 heteroatoms. The van der Waals surface area contributed by atoms with Crippen LogP contribution >= 0.6 is 0 Å². The van der Waals surface area contributed by atoms with Crippen LogP contribution in [0.1, 0.15) is 46.5 Å². The molecule has 168 valence electrons. The molecular formula is C22H42N4O3. The lowest BCUT2D eigenvalue weighted by molar-refractivity contribution is -0.133. The minimum Gasteiger partial charge on any atom is -0.381 e. The van der Waals surface area contributed by atoms with E-state index >= 15 is 0 Å². The summed E-state index contributed by atoms with van der Waals surface area (Å²) in [5, 5.41) is 7.35. The van der Waals surface area contributed by atoms with E-state index in [1.807, 2.05) is 7.05 Å². The molecule has 1 aliphatic carbocycles. The number of rotatable bonds is 9. The SMILES string of the molecule is CCOC1CC(NC(=NC)NCC(C2CCOC2)N2CCOCC2)C1(CC)CC. The minimum absolute atomic E-state index is 0.205. The zero-order chi connectivity index (χ0) is 20.7. The lowest BCUT2D eigenvalue weighted by Gasteiger charge is -2.55. The van der Waals surface area contributed by atoms with Crippen LogP contribution in [0.3, 0.4) is 0 Å². The van der Waals surface area contributed by atoms with Gasteiger partial charge in [-0.05, 0) is 32.6 Å². The molecule has 0 radical (unpaired) electrons. The fraction of sp³-hybridized carbons (Fsp3) is 0.955. The first-order valence-electron chi connectivity index (χ1n) is 11.7. The van der Waals surface area contributed by atoms with E-state index in [2.05, 4.69) is 41.3 Å². The van der Waals surface area contributed by atoms with E-state index < -0.39 is 0 Å². The standard InChI is InChI=1S/C22H42N4O3/c1-5-22(6-2)19(14-20(22)29-7-3)25-21(23-4)24-15-18(17-8-11-28-16-17)26-9-12-27-13-10-26/h17-20H,5-16H2,1-4H3,(H2,23,24,25). The van der Waals surface area contributed by atoms with E-state index in [0.29, 0.717) is 24.1 Å². The van der Waals surface area contributed by atoms with Crippen molar-refractivity contribution >= 4 is 5.96 Å². The van der Waals surface area contributed by atoms with Gasteiger partial charge in [0.2, 0.25) is 0 Å². The predicted molar refractivity (Wildman–Crippen MR) is 116 cm³/mol. The van der Waals surface area contributed by atoms with E-state index in [-0.39, 0.29) is 5.41 Å². The molecule has 7 nitrogen and oxygen atoms in total. The first kappa shape index (κ1) is 22.8. The van der Waals surface area contributed by atoms with Crippen LogP contribution in [0.2, 0.25) is 0 Å². The number of morpholine rings is 1. The van der Waals surface area contributed by atoms with Crippen molar-refractivity contribution in [2.75, 3.05) is 59.7 Å². The van der Waals surface area contributed by atoms with Gasteiger partial charge in [0.1, 0.15) is 0 Å². The van der Waals surface area contributed by atoms with Crippen LogP contribution in [-0.2, 0) is 14.2 Å². The Kier molecular flexibility index (Phi) is 8.59. The van der Waals surface area contributed by atoms with Crippen molar-refractivity contribution < 1.29 is 14.2 Å². The molecule has 2 heterocycles. The zero-order valence-electron chi connectivity index (χ0n) is 18.9. The Morgan fingerprint density at radius 2 is 1.93 bits per heavy atom. The van der Waals surface area contributed by atoms with Crippen LogP contribution in [0.5, 0.6) is 0 Å². The Morgan fingerprint density at radius 1 is 1.17 bits per heavy atom. The van der Waals surface area contributed by atoms with Gasteiger partial charge in [-0.1, -0.05) is 13.8 Å². The highest BCUT2D eigenvalue weighted by atomic mass is 16.5. The second kappa shape index (κ2) is 10.9. The molecule has 1 saturated carbocycles. The number of guanidine groups is 1. The molecule has 3 fully saturated rings. The summed E-state index contributed by atoms with van der Waals surface area (Å²) in [6.45, 7) is 13.7. The smallest absolute Gasteiger partial charge is 0.191 e. The van der Waals surface area contributed by atoms with Gasteiger partial charge in [0, 0.05) is 63.3 Å². The van der Waals surface area contributed by atoms with E-state index in [1.165, 1.54) is 0 Å². The van der Waals surface area contributed by atoms with Gasteiger partial charge >= 0.3 is 0 Å². The van der Waals surface area contributed by atoms with Gasteiger partial charge in [-0.15, -0.1) is 0 Å². The summed E-state index contributed by atoms with van der Waals surface area (Å²) in [5.41, 5.74) is 0.205. The highest BCUT2D eigenvalue weighted by Crippen LogP contribution is 2.48. The molecule has 0 aromatic carbocycles. The molecule has 0 bridgehead atoms. The lowest BCUT2D eigenvalue weighted by atomic mass is 9.58. The van der Waals surface area contributed by atoms with Crippen LogP contribution in [0.25, 0.3) is 0 Å². The number of hydrogen-bond acceptors (Lipinski definition) is 5. The predicted octanol–water partition coefficient (Wildman–Crippen LogP) is 1.87. The van der Waals surface area contributed by atoms with Crippen LogP contribution in [0.4, 0.5) is 0 Å². The maximum atomic E-state index is 6.03. The number of aliphatic imine (C=N–C) groups is 1. The fourth-order valence-electron chi connectivity index (χ4n) is 5.50. The van der Waals surface area contributed by atoms with Crippen molar-refractivity contribution in [2.45, 2.75) is 64.6 Å². The topological polar surface area (TPSA) is 67.3 Å². The lowest BCUT2D eigenvalue weighted by Crippen LogP contribution is -2.66. The summed E-state index contributed by atoms with van der Waals surface area (Å²) in [4.78, 5) is 7.11. The number of ether oxygens (including phenoxy) is 3. The van der Waals surface area contributed by atoms with Crippen LogP contribution in [0.15, 0.2) is 4.99 Å². The summed E-state index contributed by atoms with van der Waals surface area (Å²) in [7, 11) is 1.87. The molecule has 0 aromatic rings. The van der Waals surface area contributed by atoms with Gasteiger partial charge in [0.25, 0.3) is 0 Å². The molecule has 3 aliphatic rings. The average Bonchev–Trinajstić information content (AvgIpc) is 3.28. The highest BCUT2D eigenvalue weighted by molar-refractivity contribution is 5.80. The van der Waals surface area contributed by atoms with Gasteiger partial charge < -0.3 is 24.8 Å². The summed E-state index contributed by atoms with van der Waals surface area (Å²) in [6.07, 6.45) is 4.80. The Hall–Kier alpha value is -0.890. The summed E-state index contributed by atoms with van der Waals surface area (Å²) >= 11 is 0. The van der Waals surface area contributed by atoms with Crippen molar-refractivity contribution in [3.05, 3.63) is 0 Å². The number of nitrogens with one attached hydrogen (secondary N) is 2. The van der Waals surface area contributed by atoms with Crippen LogP contribution in [-0.4, -0.2) is 88.8 Å². The molecule has 0 amide bonds. The molecular weight excluding hydrogens is 368 g/mol. The molecule has 4 atom stereocenters. The minimum atomic E-state index is 0.205. The normalized spacial score (nSPS) is 31.3. The summed E-state index contributed by atoms with van der Waals surface area (Å²) in [6, 6.07) is 0.872. The summed E-state index contributed by atoms with van der Waals surface area (Å²) in [5.74, 6) is 1.49. The molecule has 2 N–H and O–H groups in total. The Morgan fingerprint density at radius 3 is 2.52 bits per heavy atom. The van der Waals surface area contributed by atoms with Gasteiger partial charge in [-0.25, -0.2) is 0 Å². The molecule has 29 heavy (non-hydrogen) atoms. The quantitative estimate of drug-likeness (QED) is 0.447. The Bertz CT molecular complexity index is 514. The van der Waals surface area contributed by atoms with Gasteiger partial charge in [0.15, 0.2) is 5.96 Å². The summed E-state index contributed by atoms with van der Waals surface area (Å²) < 4.78 is 17.3. The first-order chi connectivity index (χ1) is 14.2. The largest absolute Gasteiger partial charge is 0.381 e. The first-order valence-corrected chi connectivity index (χ1v) is 11.7. The Balaban J connectivity index is 1.58. The van der Waals surface area contributed by atoms with Crippen molar-refractivity contribution in [1.82, 2.24) is 15.5 Å². The molecule has 0 spiro atoms. The van der Waals surface area contributed by atoms with Crippen LogP contribution < -0.4 is 10.6 Å². The molecule has 2 saturated heterocycles. The van der Waals surface area contributed by atoms with E-state index in [9.17, 15) is 0 Å². The van der Waals surface area contributed by atoms with Crippen molar-refractivity contribution in [2.24, 2.45) is 16.3 Å². The number of nitrogens with zero attached hydrogens (tertiary/aromatic N) is 2. The van der Waals surface area contributed by atoms with Gasteiger partial charge in [-0.3, -0.25) is 9.89 Å². The van der Waals surface area contributed by atoms with E-state index in [1.54, 1.807) is 0 Å². The molecule has 3 rings (SSSR count). The van der Waals surface area contributed by atoms with Crippen molar-refractivity contribution in [1.29, 1.82) is 0 Å². The van der Waals surface area contributed by atoms with E-state index in [0.717, 1.165) is 84.3 Å². The zero-order valence-corrected chi connectivity index (χ0v) is 18.9. The van der Waals surface area contributed by atoms with Gasteiger partial charge in [-0.2, -0.15) is 0 Å². The number of hydrogen-bond donors (Lipinski definition) is 2. The van der Waals surface area contributed by atoms with Crippen molar-refractivity contribution in [3.63, 3.8) is 0 Å². The second-order valence-electron chi connectivity index (χ2n) is 8.61. The van der Waals surface area contributed by atoms with Gasteiger partial charge in [0.05, 0.1) is 25.9 Å². The third-order valence-electron chi connectivity index (χ3n) is 7.51. The van der Waals surface area contributed by atoms with Crippen LogP contribution in [0, 0.1) is 11.3 Å². The maximum Gasteiger partial charge on any atom is 0.191 e. The molecule has 0 aromatic heterocycles. The third kappa shape index (κ3) is 5.06. The average molecular weight is 411 g/mol. The van der Waals surface area contributed by atoms with E-state index in [4.69, 9.17) is 14.2 Å². The highest BCUT2D eigenvalue weighted by Gasteiger charge is 2.53. The fourth-order valence-corrected chi connectivity index (χ4v) is 5.50. The second-order valence-corrected chi connectivity index (χ2v) is 8.61. The molecule has 4 unspecified atom stereocenters. The van der Waals surface area contributed by atoms with Crippen molar-refractivity contribution in [3.8, 4) is 0 Å².